The molecule has 6 nitrogen and oxygen atoms in total. The Hall–Kier alpha value is -3.03. The molecule has 4 aromatic rings. The van der Waals surface area contributed by atoms with Crippen molar-refractivity contribution < 1.29 is 14.6 Å². The summed E-state index contributed by atoms with van der Waals surface area (Å²) in [7, 11) is 1.59. The molecular formula is C23H21ClN2O4S. The van der Waals surface area contributed by atoms with Crippen LogP contribution in [0.2, 0.25) is 5.02 Å². The van der Waals surface area contributed by atoms with Crippen molar-refractivity contribution in [1.29, 1.82) is 0 Å². The van der Waals surface area contributed by atoms with Gasteiger partial charge >= 0.3 is 6.09 Å². The molecule has 0 radical (unpaired) electrons. The van der Waals surface area contributed by atoms with E-state index in [1.54, 1.807) is 13.2 Å². The van der Waals surface area contributed by atoms with Crippen LogP contribution in [0.4, 0.5) is 4.79 Å². The van der Waals surface area contributed by atoms with Crippen LogP contribution in [0, 0.1) is 0 Å². The highest BCUT2D eigenvalue weighted by molar-refractivity contribution is 7.17. The van der Waals surface area contributed by atoms with Crippen molar-refractivity contribution >= 4 is 50.0 Å². The van der Waals surface area contributed by atoms with E-state index in [9.17, 15) is 9.59 Å². The number of carboxylic acid groups (broad SMARTS) is 1. The first-order valence-electron chi connectivity index (χ1n) is 9.81. The van der Waals surface area contributed by atoms with Gasteiger partial charge in [-0.2, -0.15) is 0 Å². The summed E-state index contributed by atoms with van der Waals surface area (Å²) in [6, 6.07) is 11.6. The lowest BCUT2D eigenvalue weighted by Crippen LogP contribution is -2.26. The van der Waals surface area contributed by atoms with E-state index < -0.39 is 6.09 Å². The number of rotatable bonds is 6. The Bertz CT molecular complexity index is 1330. The average molecular weight is 457 g/mol. The molecule has 0 saturated carbocycles. The second kappa shape index (κ2) is 8.61. The molecule has 2 heterocycles. The maximum absolute atomic E-state index is 12.5. The molecule has 31 heavy (non-hydrogen) atoms. The number of pyridine rings is 1. The van der Waals surface area contributed by atoms with Crippen LogP contribution in [0.5, 0.6) is 5.75 Å². The summed E-state index contributed by atoms with van der Waals surface area (Å²) < 4.78 is 6.30. The zero-order valence-corrected chi connectivity index (χ0v) is 18.6. The summed E-state index contributed by atoms with van der Waals surface area (Å²) in [5.74, 6) is 0.693. The number of aromatic nitrogens is 1. The number of nitrogens with one attached hydrogen (secondary N) is 2. The first-order chi connectivity index (χ1) is 14.9. The van der Waals surface area contributed by atoms with Crippen LogP contribution in [0.3, 0.4) is 0 Å². The molecule has 0 saturated heterocycles. The fraction of sp³-hybridized carbons (Fsp3) is 0.217. The summed E-state index contributed by atoms with van der Waals surface area (Å²) in [6.45, 7) is 2.39. The predicted octanol–water partition coefficient (Wildman–Crippen LogP) is 5.83. The normalized spacial score (nSPS) is 12.2. The van der Waals surface area contributed by atoms with Crippen LogP contribution >= 0.6 is 22.9 Å². The predicted molar refractivity (Wildman–Crippen MR) is 126 cm³/mol. The van der Waals surface area contributed by atoms with Crippen LogP contribution in [-0.4, -0.2) is 29.8 Å². The molecule has 0 spiro atoms. The Morgan fingerprint density at radius 2 is 2.03 bits per heavy atom. The third-order valence-electron chi connectivity index (χ3n) is 5.51. The van der Waals surface area contributed by atoms with E-state index in [1.165, 1.54) is 11.3 Å². The van der Waals surface area contributed by atoms with Crippen LogP contribution < -0.4 is 15.6 Å². The number of methoxy groups -OCH3 is 1. The molecular weight excluding hydrogens is 436 g/mol. The van der Waals surface area contributed by atoms with E-state index in [1.807, 2.05) is 42.6 Å². The molecule has 8 heteroatoms. The van der Waals surface area contributed by atoms with Gasteiger partial charge in [0, 0.05) is 34.9 Å². The van der Waals surface area contributed by atoms with Crippen LogP contribution in [-0.2, 0) is 0 Å². The Morgan fingerprint density at radius 1 is 1.29 bits per heavy atom. The zero-order chi connectivity index (χ0) is 22.1. The summed E-state index contributed by atoms with van der Waals surface area (Å²) in [5.41, 5.74) is 3.23. The van der Waals surface area contributed by atoms with Crippen LogP contribution in [0.1, 0.15) is 24.8 Å². The molecule has 160 valence electrons. The number of hydrogen-bond donors (Lipinski definition) is 3. The summed E-state index contributed by atoms with van der Waals surface area (Å²) in [5, 5.41) is 15.4. The maximum Gasteiger partial charge on any atom is 0.404 e. The molecule has 0 aliphatic heterocycles. The maximum atomic E-state index is 12.5. The Kier molecular flexibility index (Phi) is 5.89. The van der Waals surface area contributed by atoms with Crippen molar-refractivity contribution in [1.82, 2.24) is 10.3 Å². The van der Waals surface area contributed by atoms with Gasteiger partial charge in [0.05, 0.1) is 17.6 Å². The van der Waals surface area contributed by atoms with Crippen molar-refractivity contribution in [2.75, 3.05) is 13.7 Å². The minimum absolute atomic E-state index is 0.0777. The molecule has 4 rings (SSSR count). The number of H-pyrrole nitrogens is 1. The Balaban J connectivity index is 1.89. The highest BCUT2D eigenvalue weighted by Gasteiger charge is 2.19. The lowest BCUT2D eigenvalue weighted by Gasteiger charge is -2.17. The van der Waals surface area contributed by atoms with Crippen molar-refractivity contribution in [2.45, 2.75) is 19.3 Å². The minimum Gasteiger partial charge on any atom is -0.496 e. The zero-order valence-electron chi connectivity index (χ0n) is 17.0. The van der Waals surface area contributed by atoms with Gasteiger partial charge in [-0.15, -0.1) is 11.3 Å². The highest BCUT2D eigenvalue weighted by atomic mass is 35.5. The van der Waals surface area contributed by atoms with Gasteiger partial charge in [0.25, 0.3) is 5.56 Å². The second-order valence-corrected chi connectivity index (χ2v) is 8.54. The number of benzene rings is 2. The van der Waals surface area contributed by atoms with Crippen molar-refractivity contribution in [3.63, 3.8) is 0 Å². The first-order valence-corrected chi connectivity index (χ1v) is 11.1. The SMILES string of the molecule is CCC(CNC(=O)O)c1ccc(-c2c(OC)cc(Cl)c3[nH]c(=O)c4sccc4c23)cc1. The number of halogens is 1. The summed E-state index contributed by atoms with van der Waals surface area (Å²) in [4.78, 5) is 26.3. The van der Waals surface area contributed by atoms with Gasteiger partial charge in [-0.1, -0.05) is 42.8 Å². The largest absolute Gasteiger partial charge is 0.496 e. The summed E-state index contributed by atoms with van der Waals surface area (Å²) >= 11 is 7.87. The lowest BCUT2D eigenvalue weighted by atomic mass is 9.92. The summed E-state index contributed by atoms with van der Waals surface area (Å²) in [6.07, 6.45) is -0.218. The quantitative estimate of drug-likeness (QED) is 0.340. The number of carbonyl (C=O) groups is 1. The number of thiophene rings is 1. The highest BCUT2D eigenvalue weighted by Crippen LogP contribution is 2.43. The molecule has 0 bridgehead atoms. The fourth-order valence-electron chi connectivity index (χ4n) is 3.95. The molecule has 1 unspecified atom stereocenters. The number of aromatic amines is 1. The van der Waals surface area contributed by atoms with E-state index in [0.717, 1.165) is 33.9 Å². The Labute approximate surface area is 187 Å². The van der Waals surface area contributed by atoms with E-state index >= 15 is 0 Å². The van der Waals surface area contributed by atoms with Crippen molar-refractivity contribution in [3.05, 3.63) is 62.7 Å². The lowest BCUT2D eigenvalue weighted by molar-refractivity contribution is 0.193. The van der Waals surface area contributed by atoms with Crippen molar-refractivity contribution in [3.8, 4) is 16.9 Å². The standard InChI is InChI=1S/C23H21ClN2O4S/c1-3-12(11-25-23(28)29)13-4-6-14(7-5-13)18-17(30-2)10-16(24)20-19(18)15-8-9-31-21(15)22(27)26-20/h4-10,12,25H,3,11H2,1-2H3,(H,26,27)(H,28,29). The third-order valence-corrected chi connectivity index (χ3v) is 6.72. The Morgan fingerprint density at radius 3 is 2.68 bits per heavy atom. The third kappa shape index (κ3) is 3.86. The number of fused-ring (bicyclic) bond motifs is 3. The van der Waals surface area contributed by atoms with E-state index in [-0.39, 0.29) is 11.5 Å². The molecule has 2 aromatic heterocycles. The number of amides is 1. The van der Waals surface area contributed by atoms with Gasteiger partial charge in [-0.25, -0.2) is 4.79 Å². The van der Waals surface area contributed by atoms with Gasteiger partial charge in [-0.05, 0) is 29.0 Å². The second-order valence-electron chi connectivity index (χ2n) is 7.22. The molecule has 0 aliphatic carbocycles. The van der Waals surface area contributed by atoms with Gasteiger partial charge in [0.2, 0.25) is 0 Å². The van der Waals surface area contributed by atoms with E-state index in [4.69, 9.17) is 21.4 Å². The minimum atomic E-state index is -1.03. The van der Waals surface area contributed by atoms with E-state index in [0.29, 0.717) is 27.5 Å². The van der Waals surface area contributed by atoms with Gasteiger partial charge in [0.1, 0.15) is 10.4 Å². The molecule has 0 aliphatic rings. The van der Waals surface area contributed by atoms with Crippen molar-refractivity contribution in [2.24, 2.45) is 0 Å². The monoisotopic (exact) mass is 456 g/mol. The van der Waals surface area contributed by atoms with Crippen LogP contribution in [0.25, 0.3) is 32.1 Å². The molecule has 3 N–H and O–H groups in total. The number of ether oxygens (including phenoxy) is 1. The van der Waals surface area contributed by atoms with Gasteiger partial charge in [-0.3, -0.25) is 4.79 Å². The molecule has 1 amide bonds. The van der Waals surface area contributed by atoms with Gasteiger partial charge < -0.3 is 20.1 Å². The molecule has 1 atom stereocenters. The van der Waals surface area contributed by atoms with Crippen LogP contribution in [0.15, 0.2) is 46.6 Å². The smallest absolute Gasteiger partial charge is 0.404 e. The number of hydrogen-bond acceptors (Lipinski definition) is 4. The molecule has 2 aromatic carbocycles. The molecule has 0 fully saturated rings. The van der Waals surface area contributed by atoms with Gasteiger partial charge in [0.15, 0.2) is 0 Å². The fourth-order valence-corrected chi connectivity index (χ4v) is 4.98. The van der Waals surface area contributed by atoms with E-state index in [2.05, 4.69) is 10.3 Å². The average Bonchev–Trinajstić information content (AvgIpc) is 3.26. The first kappa shape index (κ1) is 21.2. The topological polar surface area (TPSA) is 91.4 Å².